The zero-order valence-electron chi connectivity index (χ0n) is 9.11. The van der Waals surface area contributed by atoms with Crippen molar-refractivity contribution in [3.8, 4) is 6.07 Å². The molecule has 5 heteroatoms. The first kappa shape index (κ1) is 11.5. The van der Waals surface area contributed by atoms with Crippen molar-refractivity contribution < 1.29 is 5.11 Å². The summed E-state index contributed by atoms with van der Waals surface area (Å²) >= 11 is 5.75. The fraction of sp³-hybridized carbons (Fsp3) is 0.167. The normalized spacial score (nSPS) is 14.2. The number of halogens is 1. The second-order valence-corrected chi connectivity index (χ2v) is 4.25. The number of aliphatic hydroxyl groups is 1. The summed E-state index contributed by atoms with van der Waals surface area (Å²) < 4.78 is 0. The number of alkyl halides is 1. The predicted octanol–water partition coefficient (Wildman–Crippen LogP) is 2.98. The third-order valence-electron chi connectivity index (χ3n) is 2.37. The molecule has 0 spiro atoms. The van der Waals surface area contributed by atoms with Gasteiger partial charge >= 0.3 is 0 Å². The van der Waals surface area contributed by atoms with Crippen LogP contribution in [0.1, 0.15) is 12.7 Å². The SMILES string of the molecule is CC(Cl)C(O)=C(C#N)c1nc2ccccc2[nH]1. The largest absolute Gasteiger partial charge is 0.509 e. The summed E-state index contributed by atoms with van der Waals surface area (Å²) in [4.78, 5) is 7.21. The Morgan fingerprint density at radius 2 is 2.24 bits per heavy atom. The van der Waals surface area contributed by atoms with Crippen LogP contribution in [0.3, 0.4) is 0 Å². The summed E-state index contributed by atoms with van der Waals surface area (Å²) in [5.41, 5.74) is 1.62. The lowest BCUT2D eigenvalue weighted by atomic mass is 10.2. The van der Waals surface area contributed by atoms with Gasteiger partial charge in [0.15, 0.2) is 5.82 Å². The van der Waals surface area contributed by atoms with Gasteiger partial charge in [0.2, 0.25) is 0 Å². The van der Waals surface area contributed by atoms with Crippen LogP contribution < -0.4 is 0 Å². The Hall–Kier alpha value is -1.99. The number of rotatable bonds is 2. The number of benzene rings is 1. The van der Waals surface area contributed by atoms with Gasteiger partial charge in [0.25, 0.3) is 0 Å². The van der Waals surface area contributed by atoms with Crippen molar-refractivity contribution in [3.63, 3.8) is 0 Å². The monoisotopic (exact) mass is 247 g/mol. The number of hydrogen-bond donors (Lipinski definition) is 2. The standard InChI is InChI=1S/C12H10ClN3O/c1-7(13)11(17)8(6-14)12-15-9-4-2-3-5-10(9)16-12/h2-5,7,17H,1H3,(H,15,16). The lowest BCUT2D eigenvalue weighted by Crippen LogP contribution is -2.01. The van der Waals surface area contributed by atoms with Gasteiger partial charge in [-0.15, -0.1) is 11.6 Å². The van der Waals surface area contributed by atoms with Gasteiger partial charge in [-0.25, -0.2) is 4.98 Å². The van der Waals surface area contributed by atoms with Gasteiger partial charge in [-0.05, 0) is 19.1 Å². The highest BCUT2D eigenvalue weighted by Gasteiger charge is 2.16. The second kappa shape index (κ2) is 4.48. The number of fused-ring (bicyclic) bond motifs is 1. The summed E-state index contributed by atoms with van der Waals surface area (Å²) in [6.07, 6.45) is 0. The molecule has 17 heavy (non-hydrogen) atoms. The third kappa shape index (κ3) is 2.10. The van der Waals surface area contributed by atoms with Crippen LogP contribution in [-0.4, -0.2) is 20.5 Å². The molecule has 2 rings (SSSR count). The van der Waals surface area contributed by atoms with Crippen molar-refractivity contribution in [2.75, 3.05) is 0 Å². The van der Waals surface area contributed by atoms with E-state index < -0.39 is 5.38 Å². The summed E-state index contributed by atoms with van der Waals surface area (Å²) in [6, 6.07) is 9.31. The molecule has 0 fully saturated rings. The van der Waals surface area contributed by atoms with Crippen LogP contribution in [0.25, 0.3) is 16.6 Å². The number of aromatic nitrogens is 2. The number of imidazole rings is 1. The molecule has 1 aromatic carbocycles. The molecule has 0 aliphatic carbocycles. The Morgan fingerprint density at radius 3 is 2.82 bits per heavy atom. The highest BCUT2D eigenvalue weighted by Crippen LogP contribution is 2.21. The van der Waals surface area contributed by atoms with E-state index in [1.165, 1.54) is 0 Å². The molecule has 4 nitrogen and oxygen atoms in total. The van der Waals surface area contributed by atoms with Crippen molar-refractivity contribution in [1.29, 1.82) is 5.26 Å². The quantitative estimate of drug-likeness (QED) is 0.487. The van der Waals surface area contributed by atoms with Crippen LogP contribution in [-0.2, 0) is 0 Å². The average molecular weight is 248 g/mol. The van der Waals surface area contributed by atoms with E-state index in [0.29, 0.717) is 5.82 Å². The maximum absolute atomic E-state index is 9.73. The molecule has 1 heterocycles. The maximum atomic E-state index is 9.73. The van der Waals surface area contributed by atoms with E-state index in [0.717, 1.165) is 11.0 Å². The fourth-order valence-electron chi connectivity index (χ4n) is 1.50. The number of hydrogen-bond acceptors (Lipinski definition) is 3. The number of nitrogens with one attached hydrogen (secondary N) is 1. The third-order valence-corrected chi connectivity index (χ3v) is 2.58. The first-order valence-corrected chi connectivity index (χ1v) is 5.49. The van der Waals surface area contributed by atoms with E-state index in [2.05, 4.69) is 9.97 Å². The second-order valence-electron chi connectivity index (χ2n) is 3.59. The number of nitriles is 1. The van der Waals surface area contributed by atoms with Crippen LogP contribution in [0.5, 0.6) is 0 Å². The van der Waals surface area contributed by atoms with Crippen molar-refractivity contribution in [2.24, 2.45) is 0 Å². The Balaban J connectivity index is 2.60. The summed E-state index contributed by atoms with van der Waals surface area (Å²) in [6.45, 7) is 1.59. The smallest absolute Gasteiger partial charge is 0.152 e. The maximum Gasteiger partial charge on any atom is 0.152 e. The van der Waals surface area contributed by atoms with Gasteiger partial charge in [-0.1, -0.05) is 12.1 Å². The van der Waals surface area contributed by atoms with Gasteiger partial charge in [0.05, 0.1) is 16.4 Å². The van der Waals surface area contributed by atoms with E-state index in [1.54, 1.807) is 6.92 Å². The molecule has 86 valence electrons. The Kier molecular flexibility index (Phi) is 3.03. The number of para-hydroxylation sites is 2. The Bertz CT molecular complexity index is 589. The molecule has 1 aromatic heterocycles. The molecule has 0 aliphatic rings. The van der Waals surface area contributed by atoms with Gasteiger partial charge in [-0.3, -0.25) is 0 Å². The van der Waals surface area contributed by atoms with Crippen LogP contribution in [0.2, 0.25) is 0 Å². The van der Waals surface area contributed by atoms with Crippen molar-refractivity contribution in [1.82, 2.24) is 9.97 Å². The number of nitrogens with zero attached hydrogens (tertiary/aromatic N) is 2. The Morgan fingerprint density at radius 1 is 1.53 bits per heavy atom. The molecule has 0 amide bonds. The predicted molar refractivity (Wildman–Crippen MR) is 66.6 cm³/mol. The average Bonchev–Trinajstić information content (AvgIpc) is 2.72. The molecule has 1 atom stereocenters. The first-order valence-electron chi connectivity index (χ1n) is 5.06. The molecule has 0 radical (unpaired) electrons. The van der Waals surface area contributed by atoms with Crippen LogP contribution in [0.15, 0.2) is 30.0 Å². The fourth-order valence-corrected chi connectivity index (χ4v) is 1.61. The molecular formula is C12H10ClN3O. The van der Waals surface area contributed by atoms with Crippen molar-refractivity contribution >= 4 is 28.2 Å². The first-order chi connectivity index (χ1) is 8.13. The van der Waals surface area contributed by atoms with E-state index in [-0.39, 0.29) is 11.3 Å². The molecule has 0 bridgehead atoms. The minimum Gasteiger partial charge on any atom is -0.509 e. The van der Waals surface area contributed by atoms with Crippen molar-refractivity contribution in [3.05, 3.63) is 35.8 Å². The highest BCUT2D eigenvalue weighted by atomic mass is 35.5. The van der Waals surface area contributed by atoms with E-state index in [4.69, 9.17) is 16.9 Å². The molecular weight excluding hydrogens is 238 g/mol. The summed E-state index contributed by atoms with van der Waals surface area (Å²) in [7, 11) is 0. The van der Waals surface area contributed by atoms with Gasteiger partial charge < -0.3 is 10.1 Å². The minimum atomic E-state index is -0.627. The van der Waals surface area contributed by atoms with E-state index in [1.807, 2.05) is 30.3 Å². The molecule has 0 saturated carbocycles. The van der Waals surface area contributed by atoms with Crippen molar-refractivity contribution in [2.45, 2.75) is 12.3 Å². The number of allylic oxidation sites excluding steroid dienone is 2. The number of aromatic amines is 1. The number of H-pyrrole nitrogens is 1. The van der Waals surface area contributed by atoms with Crippen LogP contribution in [0.4, 0.5) is 0 Å². The molecule has 0 aliphatic heterocycles. The van der Waals surface area contributed by atoms with Gasteiger partial charge in [0, 0.05) is 0 Å². The number of aliphatic hydroxyl groups excluding tert-OH is 1. The van der Waals surface area contributed by atoms with E-state index >= 15 is 0 Å². The Labute approximate surface area is 103 Å². The van der Waals surface area contributed by atoms with E-state index in [9.17, 15) is 5.11 Å². The molecule has 1 unspecified atom stereocenters. The highest BCUT2D eigenvalue weighted by molar-refractivity contribution is 6.22. The zero-order valence-corrected chi connectivity index (χ0v) is 9.86. The topological polar surface area (TPSA) is 72.7 Å². The molecule has 2 aromatic rings. The molecule has 0 saturated heterocycles. The van der Waals surface area contributed by atoms with Crippen LogP contribution in [0, 0.1) is 11.3 Å². The van der Waals surface area contributed by atoms with Gasteiger partial charge in [0.1, 0.15) is 17.4 Å². The molecule has 2 N–H and O–H groups in total. The van der Waals surface area contributed by atoms with Gasteiger partial charge in [-0.2, -0.15) is 5.26 Å². The lowest BCUT2D eigenvalue weighted by Gasteiger charge is -2.02. The summed E-state index contributed by atoms with van der Waals surface area (Å²) in [5, 5.41) is 18.1. The van der Waals surface area contributed by atoms with Crippen LogP contribution >= 0.6 is 11.6 Å². The zero-order chi connectivity index (χ0) is 12.4. The lowest BCUT2D eigenvalue weighted by molar-refractivity contribution is 0.400. The minimum absolute atomic E-state index is 0.0729. The summed E-state index contributed by atoms with van der Waals surface area (Å²) in [5.74, 6) is 0.159.